The molecule has 150 valence electrons. The number of anilines is 1. The average Bonchev–Trinajstić information content (AvgIpc) is 3.14. The third kappa shape index (κ3) is 4.06. The molecular formula is C22H23N3O3S. The number of aromatic nitrogens is 1. The molecule has 2 aliphatic rings. The van der Waals surface area contributed by atoms with Gasteiger partial charge in [0.25, 0.3) is 5.91 Å². The molecule has 5 rings (SSSR count). The number of hydrogen-bond donors (Lipinski definition) is 1. The van der Waals surface area contributed by atoms with E-state index in [0.717, 1.165) is 22.5 Å². The molecule has 0 atom stereocenters. The predicted molar refractivity (Wildman–Crippen MR) is 114 cm³/mol. The van der Waals surface area contributed by atoms with Gasteiger partial charge in [-0.2, -0.15) is 0 Å². The van der Waals surface area contributed by atoms with Crippen LogP contribution in [0.1, 0.15) is 35.2 Å². The summed E-state index contributed by atoms with van der Waals surface area (Å²) in [6.07, 6.45) is 3.90. The maximum atomic E-state index is 12.6. The van der Waals surface area contributed by atoms with Gasteiger partial charge in [0.2, 0.25) is 0 Å². The summed E-state index contributed by atoms with van der Waals surface area (Å²) in [7, 11) is 0. The molecule has 0 saturated carbocycles. The molecule has 1 N–H and O–H groups in total. The number of likely N-dealkylation sites (tertiary alicyclic amines) is 1. The van der Waals surface area contributed by atoms with Gasteiger partial charge >= 0.3 is 0 Å². The van der Waals surface area contributed by atoms with E-state index in [-0.39, 0.29) is 5.91 Å². The van der Waals surface area contributed by atoms with Crippen LogP contribution in [-0.4, -0.2) is 42.1 Å². The van der Waals surface area contributed by atoms with Gasteiger partial charge in [-0.25, -0.2) is 4.98 Å². The van der Waals surface area contributed by atoms with Gasteiger partial charge < -0.3 is 9.47 Å². The molecule has 2 aromatic carbocycles. The Morgan fingerprint density at radius 1 is 1.03 bits per heavy atom. The van der Waals surface area contributed by atoms with E-state index in [4.69, 9.17) is 9.47 Å². The van der Waals surface area contributed by atoms with Crippen molar-refractivity contribution in [2.75, 3.05) is 31.6 Å². The van der Waals surface area contributed by atoms with Crippen LogP contribution < -0.4 is 14.8 Å². The summed E-state index contributed by atoms with van der Waals surface area (Å²) in [5.74, 6) is 1.29. The number of benzene rings is 2. The molecule has 2 aliphatic heterocycles. The molecule has 0 unspecified atom stereocenters. The number of hydrogen-bond acceptors (Lipinski definition) is 6. The number of nitrogens with zero attached hydrogens (tertiary/aromatic N) is 2. The molecule has 0 radical (unpaired) electrons. The summed E-state index contributed by atoms with van der Waals surface area (Å²) in [4.78, 5) is 19.6. The second kappa shape index (κ2) is 8.00. The average molecular weight is 410 g/mol. The lowest BCUT2D eigenvalue weighted by Gasteiger charge is -2.26. The molecule has 0 bridgehead atoms. The van der Waals surface area contributed by atoms with E-state index in [9.17, 15) is 4.79 Å². The highest BCUT2D eigenvalue weighted by molar-refractivity contribution is 7.22. The Hall–Kier alpha value is -2.64. The summed E-state index contributed by atoms with van der Waals surface area (Å²) in [5.41, 5.74) is 2.68. The first-order valence-electron chi connectivity index (χ1n) is 10.1. The van der Waals surface area contributed by atoms with Crippen molar-refractivity contribution < 1.29 is 14.3 Å². The van der Waals surface area contributed by atoms with Crippen molar-refractivity contribution in [1.82, 2.24) is 9.88 Å². The normalized spacial score (nSPS) is 16.7. The number of rotatable bonds is 4. The highest BCUT2D eigenvalue weighted by Crippen LogP contribution is 2.37. The molecule has 7 heteroatoms. The van der Waals surface area contributed by atoms with Gasteiger partial charge in [0, 0.05) is 24.2 Å². The van der Waals surface area contributed by atoms with Crippen molar-refractivity contribution in [3.63, 3.8) is 0 Å². The van der Waals surface area contributed by atoms with Gasteiger partial charge in [0.05, 0.1) is 10.2 Å². The van der Waals surface area contributed by atoms with Crippen LogP contribution in [0.2, 0.25) is 0 Å². The Balaban J connectivity index is 1.27. The Morgan fingerprint density at radius 2 is 1.76 bits per heavy atom. The van der Waals surface area contributed by atoms with Crippen LogP contribution in [0.25, 0.3) is 10.2 Å². The van der Waals surface area contributed by atoms with Gasteiger partial charge in [-0.1, -0.05) is 29.9 Å². The zero-order valence-electron chi connectivity index (χ0n) is 16.1. The second-order valence-electron chi connectivity index (χ2n) is 7.47. The number of carbonyl (C=O) groups excluding carboxylic acids is 1. The van der Waals surface area contributed by atoms with Crippen molar-refractivity contribution >= 4 is 32.6 Å². The first-order chi connectivity index (χ1) is 14.2. The Bertz CT molecular complexity index is 983. The topological polar surface area (TPSA) is 63.7 Å². The van der Waals surface area contributed by atoms with E-state index >= 15 is 0 Å². The van der Waals surface area contributed by atoms with Crippen molar-refractivity contribution in [2.24, 2.45) is 0 Å². The number of thiazole rings is 1. The zero-order chi connectivity index (χ0) is 19.6. The van der Waals surface area contributed by atoms with Crippen LogP contribution in [0, 0.1) is 0 Å². The van der Waals surface area contributed by atoms with E-state index < -0.39 is 0 Å². The fraction of sp³-hybridized carbons (Fsp3) is 0.364. The lowest BCUT2D eigenvalue weighted by atomic mass is 10.1. The lowest BCUT2D eigenvalue weighted by molar-refractivity contribution is 0.102. The predicted octanol–water partition coefficient (Wildman–Crippen LogP) is 4.31. The highest BCUT2D eigenvalue weighted by Gasteiger charge is 2.17. The van der Waals surface area contributed by atoms with E-state index in [1.165, 1.54) is 49.3 Å². The minimum atomic E-state index is -0.147. The second-order valence-corrected chi connectivity index (χ2v) is 8.50. The maximum Gasteiger partial charge on any atom is 0.257 e. The molecule has 1 saturated heterocycles. The van der Waals surface area contributed by atoms with Crippen molar-refractivity contribution in [3.8, 4) is 11.5 Å². The zero-order valence-corrected chi connectivity index (χ0v) is 17.0. The highest BCUT2D eigenvalue weighted by atomic mass is 32.1. The molecule has 1 fully saturated rings. The van der Waals surface area contributed by atoms with Gasteiger partial charge in [-0.05, 0) is 43.6 Å². The number of nitrogens with one attached hydrogen (secondary N) is 1. The summed E-state index contributed by atoms with van der Waals surface area (Å²) < 4.78 is 12.2. The lowest BCUT2D eigenvalue weighted by Crippen LogP contribution is -2.29. The summed E-state index contributed by atoms with van der Waals surface area (Å²) >= 11 is 1.43. The Labute approximate surface area is 173 Å². The van der Waals surface area contributed by atoms with Gasteiger partial charge in [-0.15, -0.1) is 0 Å². The van der Waals surface area contributed by atoms with E-state index in [0.29, 0.717) is 29.7 Å². The minimum Gasteiger partial charge on any atom is -0.486 e. The number of amides is 1. The van der Waals surface area contributed by atoms with Gasteiger partial charge in [-0.3, -0.25) is 15.0 Å². The quantitative estimate of drug-likeness (QED) is 0.696. The SMILES string of the molecule is O=C(Nc1nc2cc3c(cc2s1)OCCO3)c1ccc(CN2CCCCC2)cc1. The number of ether oxygens (including phenoxy) is 2. The van der Waals surface area contributed by atoms with Crippen LogP contribution in [0.5, 0.6) is 11.5 Å². The van der Waals surface area contributed by atoms with E-state index in [1.54, 1.807) is 0 Å². The van der Waals surface area contributed by atoms with E-state index in [2.05, 4.69) is 15.2 Å². The van der Waals surface area contributed by atoms with Crippen LogP contribution in [0.4, 0.5) is 5.13 Å². The molecular weight excluding hydrogens is 386 g/mol. The first-order valence-corrected chi connectivity index (χ1v) is 10.9. The molecule has 3 heterocycles. The number of fused-ring (bicyclic) bond motifs is 2. The molecule has 1 amide bonds. The van der Waals surface area contributed by atoms with E-state index in [1.807, 2.05) is 36.4 Å². The smallest absolute Gasteiger partial charge is 0.257 e. The van der Waals surface area contributed by atoms with Crippen LogP contribution in [0.15, 0.2) is 36.4 Å². The third-order valence-electron chi connectivity index (χ3n) is 5.34. The number of piperidine rings is 1. The largest absolute Gasteiger partial charge is 0.486 e. The molecule has 1 aromatic heterocycles. The first kappa shape index (κ1) is 18.4. The standard InChI is InChI=1S/C22H23N3O3S/c26-21(16-6-4-15(5-7-16)14-25-8-2-1-3-9-25)24-22-23-17-12-18-19(13-20(17)29-22)28-11-10-27-18/h4-7,12-13H,1-3,8-11,14H2,(H,23,24,26). The van der Waals surface area contributed by atoms with Crippen molar-refractivity contribution in [3.05, 3.63) is 47.5 Å². The molecule has 0 aliphatic carbocycles. The molecule has 0 spiro atoms. The van der Waals surface area contributed by atoms with Crippen LogP contribution in [0.3, 0.4) is 0 Å². The Kier molecular flexibility index (Phi) is 5.08. The monoisotopic (exact) mass is 409 g/mol. The number of carbonyl (C=O) groups is 1. The summed E-state index contributed by atoms with van der Waals surface area (Å²) in [6.45, 7) is 4.38. The van der Waals surface area contributed by atoms with Crippen molar-refractivity contribution in [2.45, 2.75) is 25.8 Å². The Morgan fingerprint density at radius 3 is 2.52 bits per heavy atom. The summed E-state index contributed by atoms with van der Waals surface area (Å²) in [5, 5.41) is 3.49. The van der Waals surface area contributed by atoms with Crippen molar-refractivity contribution in [1.29, 1.82) is 0 Å². The fourth-order valence-corrected chi connectivity index (χ4v) is 4.70. The van der Waals surface area contributed by atoms with Crippen LogP contribution >= 0.6 is 11.3 Å². The minimum absolute atomic E-state index is 0.147. The molecule has 6 nitrogen and oxygen atoms in total. The van der Waals surface area contributed by atoms with Crippen LogP contribution in [-0.2, 0) is 6.54 Å². The third-order valence-corrected chi connectivity index (χ3v) is 6.28. The molecule has 3 aromatic rings. The van der Waals surface area contributed by atoms with Gasteiger partial charge in [0.1, 0.15) is 13.2 Å². The maximum absolute atomic E-state index is 12.6. The summed E-state index contributed by atoms with van der Waals surface area (Å²) in [6, 6.07) is 11.7. The fourth-order valence-electron chi connectivity index (χ4n) is 3.82. The molecule has 29 heavy (non-hydrogen) atoms. The van der Waals surface area contributed by atoms with Gasteiger partial charge in [0.15, 0.2) is 16.6 Å².